The summed E-state index contributed by atoms with van der Waals surface area (Å²) in [5, 5.41) is 12.2. The number of nitrogens with one attached hydrogen (secondary N) is 1. The van der Waals surface area contributed by atoms with Crippen LogP contribution in [0.1, 0.15) is 33.6 Å². The molecule has 4 nitrogen and oxygen atoms in total. The Morgan fingerprint density at radius 2 is 2.06 bits per heavy atom. The summed E-state index contributed by atoms with van der Waals surface area (Å²) in [6, 6.07) is 0. The molecule has 0 aliphatic carbocycles. The highest BCUT2D eigenvalue weighted by atomic mass is 16.5. The molecule has 1 aliphatic heterocycles. The third kappa shape index (κ3) is 5.84. The lowest BCUT2D eigenvalue weighted by molar-refractivity contribution is -0.117. The van der Waals surface area contributed by atoms with Crippen molar-refractivity contribution < 1.29 is 14.6 Å². The lowest BCUT2D eigenvalue weighted by Gasteiger charge is -2.30. The number of allylic oxidation sites excluding steroid dienone is 1. The number of amides is 1. The fraction of sp³-hybridized carbons (Fsp3) is 0.769. The van der Waals surface area contributed by atoms with Gasteiger partial charge in [0, 0.05) is 19.8 Å². The van der Waals surface area contributed by atoms with Gasteiger partial charge in [0.1, 0.15) is 0 Å². The summed E-state index contributed by atoms with van der Waals surface area (Å²) in [5.74, 6) is -0.153. The van der Waals surface area contributed by atoms with Gasteiger partial charge in [-0.05, 0) is 38.2 Å². The van der Waals surface area contributed by atoms with Crippen LogP contribution in [0.2, 0.25) is 0 Å². The van der Waals surface area contributed by atoms with Crippen LogP contribution in [-0.2, 0) is 9.53 Å². The topological polar surface area (TPSA) is 58.6 Å². The Morgan fingerprint density at radius 3 is 2.59 bits per heavy atom. The molecule has 0 atom stereocenters. The van der Waals surface area contributed by atoms with Gasteiger partial charge in [-0.25, -0.2) is 0 Å². The van der Waals surface area contributed by atoms with Crippen molar-refractivity contribution >= 4 is 5.91 Å². The van der Waals surface area contributed by atoms with Crippen molar-refractivity contribution in [2.75, 3.05) is 19.8 Å². The third-order valence-electron chi connectivity index (χ3n) is 2.97. The maximum absolute atomic E-state index is 11.5. The van der Waals surface area contributed by atoms with E-state index in [-0.39, 0.29) is 17.9 Å². The molecule has 0 aromatic rings. The van der Waals surface area contributed by atoms with Crippen LogP contribution in [-0.4, -0.2) is 36.4 Å². The fourth-order valence-corrected chi connectivity index (χ4v) is 1.64. The molecule has 1 saturated heterocycles. The van der Waals surface area contributed by atoms with Crippen molar-refractivity contribution in [1.29, 1.82) is 0 Å². The van der Waals surface area contributed by atoms with Crippen molar-refractivity contribution in [3.8, 4) is 0 Å². The van der Waals surface area contributed by atoms with E-state index in [1.54, 1.807) is 19.9 Å². The van der Waals surface area contributed by atoms with Crippen LogP contribution >= 0.6 is 0 Å². The van der Waals surface area contributed by atoms with Gasteiger partial charge in [0.2, 0.25) is 5.91 Å². The van der Waals surface area contributed by atoms with Gasteiger partial charge in [-0.2, -0.15) is 0 Å². The van der Waals surface area contributed by atoms with Crippen molar-refractivity contribution in [3.05, 3.63) is 12.2 Å². The molecule has 4 heteroatoms. The number of carbonyl (C=O) groups is 1. The Hall–Kier alpha value is -0.870. The van der Waals surface area contributed by atoms with Crippen molar-refractivity contribution in [2.24, 2.45) is 5.41 Å². The molecule has 0 spiro atoms. The Labute approximate surface area is 103 Å². The largest absolute Gasteiger partial charge is 0.389 e. The van der Waals surface area contributed by atoms with Gasteiger partial charge in [-0.15, -0.1) is 0 Å². The van der Waals surface area contributed by atoms with Gasteiger partial charge >= 0.3 is 0 Å². The maximum atomic E-state index is 11.5. The van der Waals surface area contributed by atoms with Crippen molar-refractivity contribution in [3.63, 3.8) is 0 Å². The van der Waals surface area contributed by atoms with Crippen LogP contribution in [0.4, 0.5) is 0 Å². The zero-order chi connectivity index (χ0) is 12.9. The standard InChI is InChI=1S/C13H23NO3/c1-12(2,16)10-14-11(15)4-5-13(3)6-8-17-9-7-13/h4-5,16H,6-10H2,1-3H3,(H,14,15)/b5-4+. The molecule has 0 unspecified atom stereocenters. The molecule has 0 radical (unpaired) electrons. The molecule has 2 N–H and O–H groups in total. The normalized spacial score (nSPS) is 20.5. The van der Waals surface area contributed by atoms with Crippen LogP contribution in [0, 0.1) is 5.41 Å². The minimum Gasteiger partial charge on any atom is -0.389 e. The number of aliphatic hydroxyl groups is 1. The molecule has 0 aromatic heterocycles. The summed E-state index contributed by atoms with van der Waals surface area (Å²) in [6.45, 7) is 7.23. The van der Waals surface area contributed by atoms with E-state index in [0.717, 1.165) is 26.1 Å². The predicted octanol–water partition coefficient (Wildman–Crippen LogP) is 1.25. The number of rotatable bonds is 4. The lowest BCUT2D eigenvalue weighted by Crippen LogP contribution is -2.37. The Morgan fingerprint density at radius 1 is 1.47 bits per heavy atom. The van der Waals surface area contributed by atoms with Crippen LogP contribution in [0.5, 0.6) is 0 Å². The minimum absolute atomic E-state index is 0.0598. The number of hydrogen-bond acceptors (Lipinski definition) is 3. The van der Waals surface area contributed by atoms with E-state index < -0.39 is 5.60 Å². The first kappa shape index (κ1) is 14.2. The number of ether oxygens (including phenoxy) is 1. The highest BCUT2D eigenvalue weighted by Gasteiger charge is 2.24. The zero-order valence-corrected chi connectivity index (χ0v) is 11.0. The summed E-state index contributed by atoms with van der Waals surface area (Å²) in [7, 11) is 0. The summed E-state index contributed by atoms with van der Waals surface area (Å²) >= 11 is 0. The summed E-state index contributed by atoms with van der Waals surface area (Å²) < 4.78 is 5.30. The van der Waals surface area contributed by atoms with Crippen LogP contribution in [0.3, 0.4) is 0 Å². The first-order valence-electron chi connectivity index (χ1n) is 6.08. The molecule has 1 fully saturated rings. The van der Waals surface area contributed by atoms with E-state index in [1.807, 2.05) is 6.08 Å². The molecule has 0 saturated carbocycles. The molecule has 1 rings (SSSR count). The molecule has 1 aliphatic rings. The first-order chi connectivity index (χ1) is 7.81. The molecule has 0 aromatic carbocycles. The first-order valence-corrected chi connectivity index (χ1v) is 6.08. The van der Waals surface area contributed by atoms with Gasteiger partial charge in [0.05, 0.1) is 5.60 Å². The summed E-state index contributed by atoms with van der Waals surface area (Å²) in [6.07, 6.45) is 5.41. The zero-order valence-electron chi connectivity index (χ0n) is 11.0. The van der Waals surface area contributed by atoms with E-state index in [2.05, 4.69) is 12.2 Å². The number of carbonyl (C=O) groups excluding carboxylic acids is 1. The highest BCUT2D eigenvalue weighted by molar-refractivity contribution is 5.87. The quantitative estimate of drug-likeness (QED) is 0.728. The van der Waals surface area contributed by atoms with Gasteiger partial charge < -0.3 is 15.2 Å². The van der Waals surface area contributed by atoms with Gasteiger partial charge in [0.15, 0.2) is 0 Å². The second kappa shape index (κ2) is 5.65. The second-order valence-electron chi connectivity index (χ2n) is 5.63. The van der Waals surface area contributed by atoms with Crippen molar-refractivity contribution in [2.45, 2.75) is 39.2 Å². The predicted molar refractivity (Wildman–Crippen MR) is 66.6 cm³/mol. The van der Waals surface area contributed by atoms with Gasteiger partial charge in [-0.1, -0.05) is 13.0 Å². The second-order valence-corrected chi connectivity index (χ2v) is 5.63. The molecular formula is C13H23NO3. The minimum atomic E-state index is -0.869. The highest BCUT2D eigenvalue weighted by Crippen LogP contribution is 2.30. The molecule has 98 valence electrons. The molecule has 1 amide bonds. The molecule has 1 heterocycles. The van der Waals surface area contributed by atoms with Gasteiger partial charge in [-0.3, -0.25) is 4.79 Å². The Bertz CT molecular complexity index is 286. The molecule has 17 heavy (non-hydrogen) atoms. The number of hydrogen-bond donors (Lipinski definition) is 2. The maximum Gasteiger partial charge on any atom is 0.243 e. The van der Waals surface area contributed by atoms with E-state index >= 15 is 0 Å². The summed E-state index contributed by atoms with van der Waals surface area (Å²) in [5.41, 5.74) is -0.809. The van der Waals surface area contributed by atoms with Crippen LogP contribution < -0.4 is 5.32 Å². The SMILES string of the molecule is CC(C)(O)CNC(=O)/C=C/C1(C)CCOCC1. The monoisotopic (exact) mass is 241 g/mol. The van der Waals surface area contributed by atoms with E-state index in [4.69, 9.17) is 4.74 Å². The van der Waals surface area contributed by atoms with Gasteiger partial charge in [0.25, 0.3) is 0 Å². The average Bonchev–Trinajstić information content (AvgIpc) is 2.24. The fourth-order valence-electron chi connectivity index (χ4n) is 1.64. The van der Waals surface area contributed by atoms with E-state index in [1.165, 1.54) is 0 Å². The van der Waals surface area contributed by atoms with Crippen LogP contribution in [0.25, 0.3) is 0 Å². The summed E-state index contributed by atoms with van der Waals surface area (Å²) in [4.78, 5) is 11.5. The van der Waals surface area contributed by atoms with Crippen LogP contribution in [0.15, 0.2) is 12.2 Å². The molecular weight excluding hydrogens is 218 g/mol. The smallest absolute Gasteiger partial charge is 0.243 e. The lowest BCUT2D eigenvalue weighted by atomic mass is 9.82. The third-order valence-corrected chi connectivity index (χ3v) is 2.97. The van der Waals surface area contributed by atoms with E-state index in [0.29, 0.717) is 0 Å². The molecule has 0 bridgehead atoms. The Kier molecular flexibility index (Phi) is 4.71. The average molecular weight is 241 g/mol. The van der Waals surface area contributed by atoms with E-state index in [9.17, 15) is 9.90 Å². The Balaban J connectivity index is 2.39. The van der Waals surface area contributed by atoms with Crippen molar-refractivity contribution in [1.82, 2.24) is 5.32 Å².